The molecular formula is C13H25F3N2O. The average molecular weight is 282 g/mol. The topological polar surface area (TPSA) is 24.5 Å². The molecule has 1 heterocycles. The van der Waals surface area contributed by atoms with E-state index in [0.29, 0.717) is 6.54 Å². The quantitative estimate of drug-likeness (QED) is 0.839. The molecule has 1 aliphatic heterocycles. The molecule has 0 radical (unpaired) electrons. The van der Waals surface area contributed by atoms with Gasteiger partial charge in [0.15, 0.2) is 0 Å². The van der Waals surface area contributed by atoms with E-state index in [1.165, 1.54) is 0 Å². The van der Waals surface area contributed by atoms with Gasteiger partial charge >= 0.3 is 6.36 Å². The molecule has 0 atom stereocenters. The third-order valence-corrected chi connectivity index (χ3v) is 4.23. The first-order chi connectivity index (χ1) is 8.64. The van der Waals surface area contributed by atoms with Crippen molar-refractivity contribution in [2.24, 2.45) is 0 Å². The third kappa shape index (κ3) is 4.61. The zero-order valence-electron chi connectivity index (χ0n) is 12.2. The van der Waals surface area contributed by atoms with Crippen LogP contribution in [0.1, 0.15) is 40.5 Å². The van der Waals surface area contributed by atoms with Gasteiger partial charge in [-0.15, -0.1) is 13.2 Å². The van der Waals surface area contributed by atoms with Crippen molar-refractivity contribution < 1.29 is 17.9 Å². The van der Waals surface area contributed by atoms with Crippen LogP contribution in [0.4, 0.5) is 13.2 Å². The molecule has 1 saturated heterocycles. The van der Waals surface area contributed by atoms with Crippen LogP contribution in [0.15, 0.2) is 0 Å². The Morgan fingerprint density at radius 1 is 1.21 bits per heavy atom. The molecular weight excluding hydrogens is 257 g/mol. The molecule has 0 saturated carbocycles. The van der Waals surface area contributed by atoms with E-state index in [1.54, 1.807) is 0 Å². The second-order valence-corrected chi connectivity index (χ2v) is 5.87. The smallest absolute Gasteiger partial charge is 0.308 e. The van der Waals surface area contributed by atoms with E-state index >= 15 is 0 Å². The lowest BCUT2D eigenvalue weighted by Crippen LogP contribution is -2.68. The Bertz CT molecular complexity index is 288. The number of nitrogens with zero attached hydrogens (tertiary/aromatic N) is 1. The Labute approximate surface area is 113 Å². The highest BCUT2D eigenvalue weighted by atomic mass is 19.4. The molecule has 0 aromatic rings. The zero-order chi connectivity index (χ0) is 14.7. The largest absolute Gasteiger partial charge is 0.522 e. The summed E-state index contributed by atoms with van der Waals surface area (Å²) in [6, 6.07) is 0. The summed E-state index contributed by atoms with van der Waals surface area (Å²) in [6.45, 7) is 9.84. The summed E-state index contributed by atoms with van der Waals surface area (Å²) in [6.07, 6.45) is -2.60. The predicted octanol–water partition coefficient (Wildman–Crippen LogP) is 2.77. The lowest BCUT2D eigenvalue weighted by atomic mass is 9.85. The van der Waals surface area contributed by atoms with Gasteiger partial charge in [0, 0.05) is 30.7 Å². The summed E-state index contributed by atoms with van der Waals surface area (Å²) in [5.74, 6) is 0. The summed E-state index contributed by atoms with van der Waals surface area (Å²) < 4.78 is 40.0. The lowest BCUT2D eigenvalue weighted by Gasteiger charge is -2.52. The standard InChI is InChI=1S/C13H25F3N2O/c1-5-12(6-2)10-18(11(3,4)9-17-12)7-8-19-13(14,15)16/h17H,5-10H2,1-4H3. The summed E-state index contributed by atoms with van der Waals surface area (Å²) in [5, 5.41) is 3.55. The first-order valence-corrected chi connectivity index (χ1v) is 6.85. The Morgan fingerprint density at radius 3 is 2.26 bits per heavy atom. The number of halogens is 3. The van der Waals surface area contributed by atoms with Crippen LogP contribution in [0.25, 0.3) is 0 Å². The van der Waals surface area contributed by atoms with Crippen LogP contribution in [0, 0.1) is 0 Å². The molecule has 0 aromatic carbocycles. The van der Waals surface area contributed by atoms with Gasteiger partial charge in [-0.3, -0.25) is 9.64 Å². The maximum Gasteiger partial charge on any atom is 0.522 e. The van der Waals surface area contributed by atoms with Crippen molar-refractivity contribution in [2.45, 2.75) is 58.0 Å². The van der Waals surface area contributed by atoms with Crippen molar-refractivity contribution in [3.63, 3.8) is 0 Å². The normalized spacial score (nSPS) is 23.5. The third-order valence-electron chi connectivity index (χ3n) is 4.23. The van der Waals surface area contributed by atoms with Gasteiger partial charge in [-0.25, -0.2) is 0 Å². The maximum atomic E-state index is 12.0. The average Bonchev–Trinajstić information content (AvgIpc) is 2.30. The fourth-order valence-electron chi connectivity index (χ4n) is 2.53. The molecule has 0 bridgehead atoms. The van der Waals surface area contributed by atoms with Gasteiger partial charge in [0.25, 0.3) is 0 Å². The van der Waals surface area contributed by atoms with Crippen LogP contribution >= 0.6 is 0 Å². The Kier molecular flexibility index (Phi) is 5.26. The lowest BCUT2D eigenvalue weighted by molar-refractivity contribution is -0.325. The van der Waals surface area contributed by atoms with Crippen molar-refractivity contribution in [3.05, 3.63) is 0 Å². The van der Waals surface area contributed by atoms with E-state index in [-0.39, 0.29) is 17.7 Å². The number of nitrogens with one attached hydrogen (secondary N) is 1. The van der Waals surface area contributed by atoms with Crippen LogP contribution in [-0.4, -0.2) is 48.6 Å². The van der Waals surface area contributed by atoms with Gasteiger partial charge in [0.2, 0.25) is 0 Å². The number of alkyl halides is 3. The number of hydrogen-bond donors (Lipinski definition) is 1. The molecule has 1 N–H and O–H groups in total. The van der Waals surface area contributed by atoms with E-state index in [4.69, 9.17) is 0 Å². The van der Waals surface area contributed by atoms with Crippen LogP contribution in [0.5, 0.6) is 0 Å². The van der Waals surface area contributed by atoms with E-state index in [0.717, 1.165) is 25.9 Å². The van der Waals surface area contributed by atoms with Crippen molar-refractivity contribution in [2.75, 3.05) is 26.2 Å². The summed E-state index contributed by atoms with van der Waals surface area (Å²) in [5.41, 5.74) is -0.142. The van der Waals surface area contributed by atoms with Crippen molar-refractivity contribution in [1.29, 1.82) is 0 Å². The van der Waals surface area contributed by atoms with Gasteiger partial charge in [-0.05, 0) is 26.7 Å². The molecule has 0 amide bonds. The molecule has 19 heavy (non-hydrogen) atoms. The Hall–Kier alpha value is -0.330. The number of rotatable bonds is 5. The molecule has 0 spiro atoms. The van der Waals surface area contributed by atoms with Crippen molar-refractivity contribution in [3.8, 4) is 0 Å². The fourth-order valence-corrected chi connectivity index (χ4v) is 2.53. The molecule has 1 rings (SSSR count). The Balaban J connectivity index is 2.61. The van der Waals surface area contributed by atoms with Gasteiger partial charge in [-0.2, -0.15) is 0 Å². The highest BCUT2D eigenvalue weighted by Gasteiger charge is 2.41. The van der Waals surface area contributed by atoms with Gasteiger partial charge in [0.05, 0.1) is 6.61 Å². The second-order valence-electron chi connectivity index (χ2n) is 5.87. The first kappa shape index (κ1) is 16.7. The maximum absolute atomic E-state index is 12.0. The minimum Gasteiger partial charge on any atom is -0.308 e. The molecule has 114 valence electrons. The van der Waals surface area contributed by atoms with Crippen LogP contribution < -0.4 is 5.32 Å². The zero-order valence-corrected chi connectivity index (χ0v) is 12.2. The highest BCUT2D eigenvalue weighted by Crippen LogP contribution is 2.28. The van der Waals surface area contributed by atoms with E-state index in [2.05, 4.69) is 28.8 Å². The van der Waals surface area contributed by atoms with Crippen LogP contribution in [-0.2, 0) is 4.74 Å². The van der Waals surface area contributed by atoms with Gasteiger partial charge in [0.1, 0.15) is 0 Å². The molecule has 1 fully saturated rings. The van der Waals surface area contributed by atoms with Gasteiger partial charge in [-0.1, -0.05) is 13.8 Å². The number of hydrogen-bond acceptors (Lipinski definition) is 3. The van der Waals surface area contributed by atoms with Crippen LogP contribution in [0.2, 0.25) is 0 Å². The highest BCUT2D eigenvalue weighted by molar-refractivity contribution is 5.00. The molecule has 1 aliphatic rings. The van der Waals surface area contributed by atoms with E-state index in [1.807, 2.05) is 13.8 Å². The van der Waals surface area contributed by atoms with E-state index in [9.17, 15) is 13.2 Å². The van der Waals surface area contributed by atoms with Gasteiger partial charge < -0.3 is 5.32 Å². The summed E-state index contributed by atoms with van der Waals surface area (Å²) in [4.78, 5) is 2.10. The molecule has 3 nitrogen and oxygen atoms in total. The Morgan fingerprint density at radius 2 is 1.79 bits per heavy atom. The minimum absolute atomic E-state index is 0.00769. The van der Waals surface area contributed by atoms with Crippen molar-refractivity contribution in [1.82, 2.24) is 10.2 Å². The predicted molar refractivity (Wildman–Crippen MR) is 69.0 cm³/mol. The molecule has 6 heteroatoms. The van der Waals surface area contributed by atoms with Crippen LogP contribution in [0.3, 0.4) is 0 Å². The second kappa shape index (κ2) is 5.97. The number of ether oxygens (including phenoxy) is 1. The summed E-state index contributed by atoms with van der Waals surface area (Å²) in [7, 11) is 0. The first-order valence-electron chi connectivity index (χ1n) is 6.85. The molecule has 0 aromatic heterocycles. The number of piperazine rings is 1. The SMILES string of the molecule is CCC1(CC)CN(CCOC(F)(F)F)C(C)(C)CN1. The minimum atomic E-state index is -4.54. The fraction of sp³-hybridized carbons (Fsp3) is 1.00. The monoisotopic (exact) mass is 282 g/mol. The molecule has 0 unspecified atom stereocenters. The van der Waals surface area contributed by atoms with E-state index < -0.39 is 6.36 Å². The summed E-state index contributed by atoms with van der Waals surface area (Å²) >= 11 is 0. The molecule has 0 aliphatic carbocycles. The van der Waals surface area contributed by atoms with Crippen molar-refractivity contribution >= 4 is 0 Å².